The Morgan fingerprint density at radius 2 is 1.41 bits per heavy atom. The van der Waals surface area contributed by atoms with Crippen LogP contribution in [0.4, 0.5) is 0 Å². The molecule has 2 aromatic carbocycles. The van der Waals surface area contributed by atoms with E-state index in [1.807, 2.05) is 31.2 Å². The Morgan fingerprint density at radius 1 is 0.765 bits per heavy atom. The van der Waals surface area contributed by atoms with Crippen LogP contribution in [0.5, 0.6) is 5.75 Å². The second-order valence-electron chi connectivity index (χ2n) is 10.5. The predicted molar refractivity (Wildman–Crippen MR) is 138 cm³/mol. The highest BCUT2D eigenvalue weighted by Crippen LogP contribution is 2.60. The Balaban J connectivity index is 1.56. The average Bonchev–Trinajstić information content (AvgIpc) is 2.89. The van der Waals surface area contributed by atoms with Crippen LogP contribution in [0.1, 0.15) is 108 Å². The number of rotatable bonds is 10. The standard InChI is InChI=1S/C31H38N2O/c1-3-5-6-7-8-15-30-16-19-31(20-17-30,21-18-30)29-14-13-26(27(22-32)28(29)23-33)24-9-11-25(12-10-24)34-4-2/h9-14H,3-8,15-21H2,1-2H3. The first-order chi connectivity index (χ1) is 16.6. The molecule has 0 amide bonds. The van der Waals surface area contributed by atoms with Gasteiger partial charge in [-0.1, -0.05) is 63.3 Å². The molecule has 3 heteroatoms. The van der Waals surface area contributed by atoms with E-state index in [1.54, 1.807) is 0 Å². The molecule has 2 aromatic rings. The van der Waals surface area contributed by atoms with Crippen molar-refractivity contribution in [2.75, 3.05) is 6.61 Å². The number of hydrogen-bond acceptors (Lipinski definition) is 3. The molecule has 3 saturated carbocycles. The third kappa shape index (κ3) is 4.72. The number of unbranched alkanes of at least 4 members (excludes halogenated alkanes) is 4. The van der Waals surface area contributed by atoms with E-state index in [0.29, 0.717) is 23.1 Å². The van der Waals surface area contributed by atoms with Crippen LogP contribution in [0, 0.1) is 28.1 Å². The fourth-order valence-corrected chi connectivity index (χ4v) is 6.56. The molecular weight excluding hydrogens is 416 g/mol. The largest absolute Gasteiger partial charge is 0.494 e. The SMILES string of the molecule is CCCCCCCC12CCC(c3ccc(-c4ccc(OCC)cc4)c(C#N)c3C#N)(CC1)CC2. The molecule has 0 aliphatic heterocycles. The van der Waals surface area contributed by atoms with Crippen LogP contribution < -0.4 is 4.74 Å². The molecule has 0 atom stereocenters. The van der Waals surface area contributed by atoms with Crippen molar-refractivity contribution in [1.29, 1.82) is 10.5 Å². The van der Waals surface area contributed by atoms with Gasteiger partial charge in [0.2, 0.25) is 0 Å². The number of benzene rings is 2. The minimum atomic E-state index is 0.0674. The van der Waals surface area contributed by atoms with E-state index < -0.39 is 0 Å². The maximum atomic E-state index is 10.2. The van der Waals surface area contributed by atoms with Crippen molar-refractivity contribution < 1.29 is 4.74 Å². The molecule has 34 heavy (non-hydrogen) atoms. The predicted octanol–water partition coefficient (Wildman–Crippen LogP) is 8.45. The van der Waals surface area contributed by atoms with E-state index in [0.717, 1.165) is 41.7 Å². The van der Waals surface area contributed by atoms with Crippen LogP contribution in [-0.4, -0.2) is 6.61 Å². The summed E-state index contributed by atoms with van der Waals surface area (Å²) in [6.07, 6.45) is 15.4. The fraction of sp³-hybridized carbons (Fsp3) is 0.548. The van der Waals surface area contributed by atoms with Gasteiger partial charge >= 0.3 is 0 Å². The van der Waals surface area contributed by atoms with Crippen molar-refractivity contribution in [2.45, 2.75) is 96.3 Å². The Hall–Kier alpha value is -2.78. The van der Waals surface area contributed by atoms with Crippen molar-refractivity contribution in [2.24, 2.45) is 5.41 Å². The topological polar surface area (TPSA) is 56.8 Å². The Labute approximate surface area is 205 Å². The number of fused-ring (bicyclic) bond motifs is 3. The summed E-state index contributed by atoms with van der Waals surface area (Å²) >= 11 is 0. The molecule has 2 bridgehead atoms. The number of nitriles is 2. The van der Waals surface area contributed by atoms with Crippen molar-refractivity contribution in [3.63, 3.8) is 0 Å². The first-order valence-corrected chi connectivity index (χ1v) is 13.3. The van der Waals surface area contributed by atoms with Crippen LogP contribution in [0.3, 0.4) is 0 Å². The Morgan fingerprint density at radius 3 is 2.00 bits per heavy atom. The zero-order chi connectivity index (χ0) is 24.0. The average molecular weight is 455 g/mol. The molecule has 0 spiro atoms. The molecule has 3 nitrogen and oxygen atoms in total. The van der Waals surface area contributed by atoms with Gasteiger partial charge in [0.05, 0.1) is 17.7 Å². The maximum Gasteiger partial charge on any atom is 0.119 e. The minimum Gasteiger partial charge on any atom is -0.494 e. The van der Waals surface area contributed by atoms with Crippen molar-refractivity contribution in [1.82, 2.24) is 0 Å². The lowest BCUT2D eigenvalue weighted by molar-refractivity contribution is 0.0303. The highest BCUT2D eigenvalue weighted by molar-refractivity contribution is 5.75. The normalized spacial score (nSPS) is 23.3. The first kappa shape index (κ1) is 24.3. The third-order valence-corrected chi connectivity index (χ3v) is 8.69. The minimum absolute atomic E-state index is 0.0674. The zero-order valence-electron chi connectivity index (χ0n) is 21.0. The maximum absolute atomic E-state index is 10.2. The van der Waals surface area contributed by atoms with E-state index in [2.05, 4.69) is 31.2 Å². The summed E-state index contributed by atoms with van der Waals surface area (Å²) in [4.78, 5) is 0. The molecule has 0 saturated heterocycles. The highest BCUT2D eigenvalue weighted by Gasteiger charge is 2.49. The molecule has 0 unspecified atom stereocenters. The lowest BCUT2D eigenvalue weighted by Gasteiger charge is -2.54. The van der Waals surface area contributed by atoms with Gasteiger partial charge in [-0.3, -0.25) is 0 Å². The van der Waals surface area contributed by atoms with E-state index in [1.165, 1.54) is 57.8 Å². The van der Waals surface area contributed by atoms with Crippen LogP contribution >= 0.6 is 0 Å². The summed E-state index contributed by atoms with van der Waals surface area (Å²) in [7, 11) is 0. The van der Waals surface area contributed by atoms with Crippen LogP contribution in [0.2, 0.25) is 0 Å². The molecule has 3 aliphatic carbocycles. The van der Waals surface area contributed by atoms with Gasteiger partial charge in [-0.2, -0.15) is 10.5 Å². The van der Waals surface area contributed by atoms with Crippen LogP contribution in [-0.2, 0) is 5.41 Å². The molecule has 3 aliphatic rings. The zero-order valence-corrected chi connectivity index (χ0v) is 21.0. The van der Waals surface area contributed by atoms with E-state index in [4.69, 9.17) is 4.74 Å². The number of nitrogens with zero attached hydrogens (tertiary/aromatic N) is 2. The van der Waals surface area contributed by atoms with Gasteiger partial charge in [-0.15, -0.1) is 0 Å². The van der Waals surface area contributed by atoms with Gasteiger partial charge in [0, 0.05) is 5.56 Å². The summed E-state index contributed by atoms with van der Waals surface area (Å²) in [5.41, 5.74) is 4.64. The monoisotopic (exact) mass is 454 g/mol. The second-order valence-corrected chi connectivity index (χ2v) is 10.5. The van der Waals surface area contributed by atoms with Gasteiger partial charge in [-0.05, 0) is 86.0 Å². The molecule has 0 heterocycles. The van der Waals surface area contributed by atoms with E-state index >= 15 is 0 Å². The summed E-state index contributed by atoms with van der Waals surface area (Å²) < 4.78 is 5.56. The fourth-order valence-electron chi connectivity index (χ4n) is 6.56. The molecular formula is C31H38N2O. The third-order valence-electron chi connectivity index (χ3n) is 8.69. The lowest BCUT2D eigenvalue weighted by atomic mass is 9.50. The van der Waals surface area contributed by atoms with Gasteiger partial charge in [0.25, 0.3) is 0 Å². The molecule has 178 valence electrons. The Bertz CT molecular complexity index is 1050. The van der Waals surface area contributed by atoms with Crippen molar-refractivity contribution >= 4 is 0 Å². The number of hydrogen-bond donors (Lipinski definition) is 0. The molecule has 5 rings (SSSR count). The first-order valence-electron chi connectivity index (χ1n) is 13.3. The lowest BCUT2D eigenvalue weighted by Crippen LogP contribution is -2.44. The molecule has 0 aromatic heterocycles. The van der Waals surface area contributed by atoms with Gasteiger partial charge in [0.15, 0.2) is 0 Å². The molecule has 3 fully saturated rings. The second kappa shape index (κ2) is 10.7. The summed E-state index contributed by atoms with van der Waals surface area (Å²) in [6.45, 7) is 4.87. The smallest absolute Gasteiger partial charge is 0.119 e. The van der Waals surface area contributed by atoms with Crippen molar-refractivity contribution in [3.8, 4) is 29.0 Å². The number of ether oxygens (including phenoxy) is 1. The van der Waals surface area contributed by atoms with Crippen LogP contribution in [0.15, 0.2) is 36.4 Å². The quantitative estimate of drug-likeness (QED) is 0.338. The van der Waals surface area contributed by atoms with Crippen LogP contribution in [0.25, 0.3) is 11.1 Å². The van der Waals surface area contributed by atoms with Gasteiger partial charge in [-0.25, -0.2) is 0 Å². The van der Waals surface area contributed by atoms with Crippen molar-refractivity contribution in [3.05, 3.63) is 53.1 Å². The molecule has 0 N–H and O–H groups in total. The van der Waals surface area contributed by atoms with Gasteiger partial charge in [0.1, 0.15) is 17.9 Å². The summed E-state index contributed by atoms with van der Waals surface area (Å²) in [5, 5.41) is 20.3. The summed E-state index contributed by atoms with van der Waals surface area (Å²) in [6, 6.07) is 16.9. The highest BCUT2D eigenvalue weighted by atomic mass is 16.5. The Kier molecular flexibility index (Phi) is 7.63. The van der Waals surface area contributed by atoms with E-state index in [-0.39, 0.29) is 5.41 Å². The molecule has 0 radical (unpaired) electrons. The van der Waals surface area contributed by atoms with E-state index in [9.17, 15) is 10.5 Å². The summed E-state index contributed by atoms with van der Waals surface area (Å²) in [5.74, 6) is 0.819. The van der Waals surface area contributed by atoms with Gasteiger partial charge < -0.3 is 4.74 Å².